The molecule has 7 nitrogen and oxygen atoms in total. The summed E-state index contributed by atoms with van der Waals surface area (Å²) in [5.41, 5.74) is 2.36. The topological polar surface area (TPSA) is 90.9 Å². The number of sulfonamides is 1. The van der Waals surface area contributed by atoms with Gasteiger partial charge in [0.15, 0.2) is 0 Å². The predicted octanol–water partition coefficient (Wildman–Crippen LogP) is 3.10. The smallest absolute Gasteiger partial charge is 0.341 e. The molecule has 1 aliphatic rings. The third kappa shape index (κ3) is 6.00. The molecule has 2 aromatic rings. The number of aryl methyl sites for hydroxylation is 1. The van der Waals surface area contributed by atoms with Crippen molar-refractivity contribution in [3.63, 3.8) is 0 Å². The van der Waals surface area contributed by atoms with Crippen molar-refractivity contribution in [2.45, 2.75) is 50.5 Å². The number of benzene rings is 2. The lowest BCUT2D eigenvalue weighted by Crippen LogP contribution is -2.38. The highest BCUT2D eigenvalue weighted by Crippen LogP contribution is 2.30. The summed E-state index contributed by atoms with van der Waals surface area (Å²) in [5, 5.41) is 0.314. The molecule has 3 rings (SSSR count). The summed E-state index contributed by atoms with van der Waals surface area (Å²) in [5.74, 6) is 0.440. The maximum Gasteiger partial charge on any atom is 0.341 e. The molecule has 0 saturated heterocycles. The highest BCUT2D eigenvalue weighted by Gasteiger charge is 2.32. The van der Waals surface area contributed by atoms with Crippen molar-refractivity contribution < 1.29 is 27.4 Å². The van der Waals surface area contributed by atoms with Crippen LogP contribution in [0.5, 0.6) is 11.5 Å². The first-order chi connectivity index (χ1) is 15.2. The molecular formula is C23H30NO6PS. The second-order valence-electron chi connectivity index (χ2n) is 7.95. The Labute approximate surface area is 192 Å². The average molecular weight is 480 g/mol. The van der Waals surface area contributed by atoms with E-state index in [-0.39, 0.29) is 18.2 Å². The second kappa shape index (κ2) is 10.6. The summed E-state index contributed by atoms with van der Waals surface area (Å²) in [6.45, 7) is 2.29. The standard InChI is InChI=1S/C23H30NO6PS/c1-15-4-6-16(7-5-15)14-24-32(26,27)18-10-8-17(9-11-18)30-21-12-19(23(25)29-3)20(28-2)13-22(21)31/h4-7,12-13,17-18,24H,8-11,14,31H2,1-3H3. The van der Waals surface area contributed by atoms with E-state index in [0.29, 0.717) is 37.2 Å². The SMILES string of the molecule is COC(=O)c1cc(OC2CCC(S(=O)(=O)NCc3ccc(C)cc3)CC2)c(P)cc1OC. The maximum absolute atomic E-state index is 12.7. The molecule has 174 valence electrons. The summed E-state index contributed by atoms with van der Waals surface area (Å²) in [6, 6.07) is 11.1. The summed E-state index contributed by atoms with van der Waals surface area (Å²) in [7, 11) is 1.96. The monoisotopic (exact) mass is 479 g/mol. The molecule has 0 aromatic heterocycles. The lowest BCUT2D eigenvalue weighted by atomic mass is 9.97. The number of nitrogens with one attached hydrogen (secondary N) is 1. The van der Waals surface area contributed by atoms with Gasteiger partial charge in [0.25, 0.3) is 0 Å². The average Bonchev–Trinajstić information content (AvgIpc) is 2.79. The van der Waals surface area contributed by atoms with Crippen molar-refractivity contribution in [2.24, 2.45) is 0 Å². The minimum absolute atomic E-state index is 0.128. The van der Waals surface area contributed by atoms with Crippen LogP contribution in [0.25, 0.3) is 0 Å². The van der Waals surface area contributed by atoms with Crippen molar-refractivity contribution in [1.82, 2.24) is 4.72 Å². The van der Waals surface area contributed by atoms with Gasteiger partial charge in [-0.25, -0.2) is 17.9 Å². The van der Waals surface area contributed by atoms with E-state index in [9.17, 15) is 13.2 Å². The molecule has 1 atom stereocenters. The highest BCUT2D eigenvalue weighted by atomic mass is 32.2. The van der Waals surface area contributed by atoms with Crippen molar-refractivity contribution in [2.75, 3.05) is 14.2 Å². The normalized spacial score (nSPS) is 18.8. The molecule has 0 spiro atoms. The third-order valence-electron chi connectivity index (χ3n) is 5.69. The Bertz CT molecular complexity index is 1050. The maximum atomic E-state index is 12.7. The van der Waals surface area contributed by atoms with E-state index in [2.05, 4.69) is 14.0 Å². The fourth-order valence-electron chi connectivity index (χ4n) is 3.76. The Morgan fingerprint density at radius 1 is 1.06 bits per heavy atom. The van der Waals surface area contributed by atoms with Crippen LogP contribution in [0, 0.1) is 6.92 Å². The van der Waals surface area contributed by atoms with Crippen LogP contribution in [0.1, 0.15) is 47.2 Å². The molecular weight excluding hydrogens is 449 g/mol. The van der Waals surface area contributed by atoms with Crippen LogP contribution in [-0.2, 0) is 21.3 Å². The molecule has 9 heteroatoms. The number of ether oxygens (including phenoxy) is 3. The molecule has 2 aromatic carbocycles. The van der Waals surface area contributed by atoms with Crippen LogP contribution in [0.2, 0.25) is 0 Å². The molecule has 0 radical (unpaired) electrons. The largest absolute Gasteiger partial charge is 0.496 e. The molecule has 0 aliphatic heterocycles. The van der Waals surface area contributed by atoms with Crippen molar-refractivity contribution in [3.8, 4) is 11.5 Å². The van der Waals surface area contributed by atoms with E-state index < -0.39 is 21.2 Å². The number of rotatable bonds is 8. The molecule has 0 heterocycles. The molecule has 0 bridgehead atoms. The predicted molar refractivity (Wildman–Crippen MR) is 127 cm³/mol. The Hall–Kier alpha value is -2.15. The first-order valence-corrected chi connectivity index (χ1v) is 12.6. The minimum atomic E-state index is -3.41. The number of hydrogen-bond donors (Lipinski definition) is 1. The Morgan fingerprint density at radius 3 is 2.31 bits per heavy atom. The van der Waals surface area contributed by atoms with Gasteiger partial charge in [-0.15, -0.1) is 9.24 Å². The first kappa shape index (κ1) is 24.5. The van der Waals surface area contributed by atoms with Gasteiger partial charge in [-0.3, -0.25) is 0 Å². The minimum Gasteiger partial charge on any atom is -0.496 e. The Balaban J connectivity index is 1.59. The van der Waals surface area contributed by atoms with E-state index in [1.807, 2.05) is 31.2 Å². The van der Waals surface area contributed by atoms with Crippen molar-refractivity contribution in [3.05, 3.63) is 53.1 Å². The van der Waals surface area contributed by atoms with Gasteiger partial charge in [0.1, 0.15) is 17.1 Å². The molecule has 1 N–H and O–H groups in total. The fourth-order valence-corrected chi connectivity index (χ4v) is 5.56. The van der Waals surface area contributed by atoms with E-state index in [1.165, 1.54) is 14.2 Å². The van der Waals surface area contributed by atoms with E-state index in [1.54, 1.807) is 12.1 Å². The Morgan fingerprint density at radius 2 is 1.72 bits per heavy atom. The zero-order chi connectivity index (χ0) is 23.3. The lowest BCUT2D eigenvalue weighted by Gasteiger charge is -2.29. The Kier molecular flexibility index (Phi) is 8.15. The highest BCUT2D eigenvalue weighted by molar-refractivity contribution is 7.90. The number of hydrogen-bond acceptors (Lipinski definition) is 6. The first-order valence-electron chi connectivity index (χ1n) is 10.5. The van der Waals surface area contributed by atoms with Crippen LogP contribution in [0.4, 0.5) is 0 Å². The van der Waals surface area contributed by atoms with E-state index in [4.69, 9.17) is 14.2 Å². The van der Waals surface area contributed by atoms with Gasteiger partial charge in [-0.05, 0) is 50.3 Å². The molecule has 1 fully saturated rings. The van der Waals surface area contributed by atoms with E-state index >= 15 is 0 Å². The summed E-state index contributed by atoms with van der Waals surface area (Å²) in [4.78, 5) is 12.0. The van der Waals surface area contributed by atoms with Crippen LogP contribution < -0.4 is 19.5 Å². The molecule has 1 saturated carbocycles. The number of carbonyl (C=O) groups excluding carboxylic acids is 1. The molecule has 0 amide bonds. The van der Waals surface area contributed by atoms with Crippen LogP contribution in [0.15, 0.2) is 36.4 Å². The molecule has 1 unspecified atom stereocenters. The zero-order valence-electron chi connectivity index (χ0n) is 18.6. The van der Waals surface area contributed by atoms with Gasteiger partial charge >= 0.3 is 5.97 Å². The number of esters is 1. The molecule has 32 heavy (non-hydrogen) atoms. The third-order valence-corrected chi connectivity index (χ3v) is 8.04. The van der Waals surface area contributed by atoms with Crippen LogP contribution >= 0.6 is 9.24 Å². The van der Waals surface area contributed by atoms with Gasteiger partial charge in [0.05, 0.1) is 25.6 Å². The van der Waals surface area contributed by atoms with Crippen LogP contribution in [0.3, 0.4) is 0 Å². The quantitative estimate of drug-likeness (QED) is 0.462. The van der Waals surface area contributed by atoms with Gasteiger partial charge in [0.2, 0.25) is 10.0 Å². The summed E-state index contributed by atoms with van der Waals surface area (Å²) < 4.78 is 44.4. The lowest BCUT2D eigenvalue weighted by molar-refractivity contribution is 0.0596. The van der Waals surface area contributed by atoms with Crippen molar-refractivity contribution in [1.29, 1.82) is 0 Å². The second-order valence-corrected chi connectivity index (χ2v) is 10.6. The van der Waals surface area contributed by atoms with Gasteiger partial charge in [-0.2, -0.15) is 0 Å². The summed E-state index contributed by atoms with van der Waals surface area (Å²) in [6.07, 6.45) is 2.12. The van der Waals surface area contributed by atoms with Crippen LogP contribution in [-0.4, -0.2) is 40.0 Å². The number of carbonyl (C=O) groups is 1. The molecule has 1 aliphatic carbocycles. The fraction of sp³-hybridized carbons (Fsp3) is 0.435. The van der Waals surface area contributed by atoms with Crippen molar-refractivity contribution >= 4 is 30.5 Å². The number of methoxy groups -OCH3 is 2. The van der Waals surface area contributed by atoms with E-state index in [0.717, 1.165) is 16.4 Å². The van der Waals surface area contributed by atoms with Gasteiger partial charge < -0.3 is 14.2 Å². The zero-order valence-corrected chi connectivity index (χ0v) is 20.6. The summed E-state index contributed by atoms with van der Waals surface area (Å²) >= 11 is 0. The van der Waals surface area contributed by atoms with Gasteiger partial charge in [0, 0.05) is 11.8 Å². The van der Waals surface area contributed by atoms with Gasteiger partial charge in [-0.1, -0.05) is 29.8 Å².